The lowest BCUT2D eigenvalue weighted by Crippen LogP contribution is -2.54. The summed E-state index contributed by atoms with van der Waals surface area (Å²) < 4.78 is 5.84. The van der Waals surface area contributed by atoms with Crippen LogP contribution >= 0.6 is 0 Å². The second-order valence-corrected chi connectivity index (χ2v) is 12.2. The van der Waals surface area contributed by atoms with E-state index in [4.69, 9.17) is 4.74 Å². The molecule has 0 heterocycles. The van der Waals surface area contributed by atoms with Crippen molar-refractivity contribution in [2.45, 2.75) is 77.7 Å². The third-order valence-corrected chi connectivity index (χ3v) is 7.01. The van der Waals surface area contributed by atoms with E-state index in [1.165, 1.54) is 0 Å². The van der Waals surface area contributed by atoms with Crippen molar-refractivity contribution in [3.8, 4) is 11.1 Å². The number of ketones is 1. The molecule has 2 N–H and O–H groups in total. The van der Waals surface area contributed by atoms with Crippen LogP contribution in [-0.2, 0) is 19.9 Å². The second kappa shape index (κ2) is 10.5. The van der Waals surface area contributed by atoms with Gasteiger partial charge < -0.3 is 9.84 Å². The van der Waals surface area contributed by atoms with E-state index in [1.54, 1.807) is 0 Å². The van der Waals surface area contributed by atoms with Gasteiger partial charge in [0.2, 0.25) is 0 Å². The van der Waals surface area contributed by atoms with Gasteiger partial charge in [-0.2, -0.15) is 0 Å². The van der Waals surface area contributed by atoms with Crippen LogP contribution in [0.3, 0.4) is 0 Å². The highest BCUT2D eigenvalue weighted by Crippen LogP contribution is 2.51. The zero-order valence-electron chi connectivity index (χ0n) is 23.2. The molecule has 0 aromatic heterocycles. The Morgan fingerprint density at radius 3 is 1.82 bits per heavy atom. The number of nitrogens with one attached hydrogen (secondary N) is 1. The van der Waals surface area contributed by atoms with Gasteiger partial charge >= 0.3 is 5.97 Å². The summed E-state index contributed by atoms with van der Waals surface area (Å²) in [6.07, 6.45) is -1.00. The molecule has 1 aliphatic rings. The van der Waals surface area contributed by atoms with Crippen molar-refractivity contribution in [3.05, 3.63) is 95.6 Å². The van der Waals surface area contributed by atoms with Crippen LogP contribution in [0, 0.1) is 5.41 Å². The quantitative estimate of drug-likeness (QED) is 0.361. The lowest BCUT2D eigenvalue weighted by molar-refractivity contribution is -0.159. The van der Waals surface area contributed by atoms with Crippen molar-refractivity contribution in [3.63, 3.8) is 0 Å². The van der Waals surface area contributed by atoms with E-state index in [0.29, 0.717) is 0 Å². The molecule has 0 bridgehead atoms. The van der Waals surface area contributed by atoms with Gasteiger partial charge in [0, 0.05) is 11.8 Å². The van der Waals surface area contributed by atoms with E-state index in [1.807, 2.05) is 84.0 Å². The van der Waals surface area contributed by atoms with Gasteiger partial charge in [0.25, 0.3) is 0 Å². The average Bonchev–Trinajstić information content (AvgIpc) is 3.13. The van der Waals surface area contributed by atoms with Gasteiger partial charge in [-0.3, -0.25) is 14.9 Å². The maximum atomic E-state index is 13.7. The molecular weight excluding hydrogens is 474 g/mol. The lowest BCUT2D eigenvalue weighted by atomic mass is 9.79. The molecule has 200 valence electrons. The standard InChI is InChI=1S/C33H39NO4/c1-31(2,3)29(36)21-23(35)20-28(30(37)38-32(4,5)6)34-33(22-14-8-7-9-15-22)26-18-12-10-16-24(26)25-17-11-13-19-27(25)33/h7-19,23,28,34-35H,20-21H2,1-6H3/t23-,28+/m1/s1. The zero-order chi connectivity index (χ0) is 27.7. The van der Waals surface area contributed by atoms with Gasteiger partial charge in [0.15, 0.2) is 0 Å². The minimum absolute atomic E-state index is 0.0318. The predicted octanol–water partition coefficient (Wildman–Crippen LogP) is 6.02. The number of benzene rings is 3. The summed E-state index contributed by atoms with van der Waals surface area (Å²) in [4.78, 5) is 26.4. The Morgan fingerprint density at radius 1 is 0.816 bits per heavy atom. The van der Waals surface area contributed by atoms with E-state index >= 15 is 0 Å². The van der Waals surface area contributed by atoms with Gasteiger partial charge in [-0.1, -0.05) is 99.6 Å². The number of Topliss-reactive ketones (excluding diaryl/α,β-unsaturated/α-hetero) is 1. The highest BCUT2D eigenvalue weighted by atomic mass is 16.6. The molecule has 2 atom stereocenters. The fraction of sp³-hybridized carbons (Fsp3) is 0.394. The predicted molar refractivity (Wildman–Crippen MR) is 151 cm³/mol. The van der Waals surface area contributed by atoms with Crippen molar-refractivity contribution < 1.29 is 19.4 Å². The number of carbonyl (C=O) groups is 2. The second-order valence-electron chi connectivity index (χ2n) is 12.2. The molecule has 3 aromatic carbocycles. The smallest absolute Gasteiger partial charge is 0.323 e. The Morgan fingerprint density at radius 2 is 1.32 bits per heavy atom. The number of carbonyl (C=O) groups excluding carboxylic acids is 2. The van der Waals surface area contributed by atoms with Gasteiger partial charge in [0.1, 0.15) is 17.4 Å². The number of hydrogen-bond donors (Lipinski definition) is 2. The van der Waals surface area contributed by atoms with Crippen LogP contribution in [0.5, 0.6) is 0 Å². The van der Waals surface area contributed by atoms with Crippen molar-refractivity contribution in [1.29, 1.82) is 0 Å². The molecule has 0 fully saturated rings. The minimum atomic E-state index is -1.01. The summed E-state index contributed by atoms with van der Waals surface area (Å²) in [7, 11) is 0. The first kappa shape index (κ1) is 27.7. The Balaban J connectivity index is 1.83. The van der Waals surface area contributed by atoms with Crippen LogP contribution in [-0.4, -0.2) is 34.6 Å². The van der Waals surface area contributed by atoms with E-state index in [0.717, 1.165) is 27.8 Å². The summed E-state index contributed by atoms with van der Waals surface area (Å²) in [6, 6.07) is 25.6. The Labute approximate surface area is 226 Å². The average molecular weight is 514 g/mol. The summed E-state index contributed by atoms with van der Waals surface area (Å²) in [6.45, 7) is 11.0. The summed E-state index contributed by atoms with van der Waals surface area (Å²) in [5.74, 6) is -0.515. The zero-order valence-corrected chi connectivity index (χ0v) is 23.2. The van der Waals surface area contributed by atoms with E-state index in [2.05, 4.69) is 41.7 Å². The normalized spacial score (nSPS) is 15.8. The minimum Gasteiger partial charge on any atom is -0.459 e. The monoisotopic (exact) mass is 513 g/mol. The molecule has 4 rings (SSSR count). The van der Waals surface area contributed by atoms with Crippen LogP contribution in [0.1, 0.15) is 71.1 Å². The fourth-order valence-electron chi connectivity index (χ4n) is 5.20. The van der Waals surface area contributed by atoms with Crippen LogP contribution in [0.4, 0.5) is 0 Å². The molecular formula is C33H39NO4. The van der Waals surface area contributed by atoms with E-state index < -0.39 is 34.7 Å². The van der Waals surface area contributed by atoms with Gasteiger partial charge in [-0.25, -0.2) is 0 Å². The number of ether oxygens (including phenoxy) is 1. The molecule has 3 aromatic rings. The van der Waals surface area contributed by atoms with Crippen molar-refractivity contribution >= 4 is 11.8 Å². The van der Waals surface area contributed by atoms with Crippen LogP contribution in [0.15, 0.2) is 78.9 Å². The number of aliphatic hydroxyl groups is 1. The highest BCUT2D eigenvalue weighted by molar-refractivity contribution is 5.85. The molecule has 1 aliphatic carbocycles. The Bertz CT molecular complexity index is 1250. The van der Waals surface area contributed by atoms with Crippen molar-refractivity contribution in [1.82, 2.24) is 5.32 Å². The van der Waals surface area contributed by atoms with Crippen LogP contribution in [0.25, 0.3) is 11.1 Å². The fourth-order valence-corrected chi connectivity index (χ4v) is 5.20. The summed E-state index contributed by atoms with van der Waals surface area (Å²) in [5, 5.41) is 14.7. The first-order valence-electron chi connectivity index (χ1n) is 13.3. The van der Waals surface area contributed by atoms with Gasteiger partial charge in [-0.05, 0) is 55.0 Å². The third kappa shape index (κ3) is 5.59. The number of rotatable bonds is 8. The Hall–Kier alpha value is -3.28. The SMILES string of the molecule is CC(C)(C)OC(=O)[C@H](C[C@@H](O)CC(=O)C(C)(C)C)NC1(c2ccccc2)c2ccccc2-c2ccccc21. The van der Waals surface area contributed by atoms with E-state index in [9.17, 15) is 14.7 Å². The molecule has 0 aliphatic heterocycles. The first-order valence-corrected chi connectivity index (χ1v) is 13.3. The first-order chi connectivity index (χ1) is 17.8. The number of esters is 1. The Kier molecular flexibility index (Phi) is 7.64. The number of hydrogen-bond acceptors (Lipinski definition) is 5. The van der Waals surface area contributed by atoms with Crippen molar-refractivity contribution in [2.75, 3.05) is 0 Å². The van der Waals surface area contributed by atoms with Crippen molar-refractivity contribution in [2.24, 2.45) is 5.41 Å². The molecule has 0 saturated carbocycles. The molecule has 5 nitrogen and oxygen atoms in total. The molecule has 0 amide bonds. The molecule has 5 heteroatoms. The van der Waals surface area contributed by atoms with E-state index in [-0.39, 0.29) is 18.6 Å². The molecule has 0 unspecified atom stereocenters. The molecule has 0 radical (unpaired) electrons. The summed E-state index contributed by atoms with van der Waals surface area (Å²) in [5.41, 5.74) is 3.06. The largest absolute Gasteiger partial charge is 0.459 e. The number of fused-ring (bicyclic) bond motifs is 3. The number of aliphatic hydroxyl groups excluding tert-OH is 1. The van der Waals surface area contributed by atoms with Crippen LogP contribution < -0.4 is 5.32 Å². The maximum absolute atomic E-state index is 13.7. The van der Waals surface area contributed by atoms with Gasteiger partial charge in [0.05, 0.1) is 11.6 Å². The molecule has 0 spiro atoms. The summed E-state index contributed by atoms with van der Waals surface area (Å²) >= 11 is 0. The highest BCUT2D eigenvalue weighted by Gasteiger charge is 2.47. The van der Waals surface area contributed by atoms with Crippen LogP contribution in [0.2, 0.25) is 0 Å². The maximum Gasteiger partial charge on any atom is 0.323 e. The van der Waals surface area contributed by atoms with Gasteiger partial charge in [-0.15, -0.1) is 0 Å². The molecule has 38 heavy (non-hydrogen) atoms. The topological polar surface area (TPSA) is 75.6 Å². The lowest BCUT2D eigenvalue weighted by Gasteiger charge is -2.38. The third-order valence-electron chi connectivity index (χ3n) is 7.01. The molecule has 0 saturated heterocycles.